The van der Waals surface area contributed by atoms with Gasteiger partial charge in [0.2, 0.25) is 10.0 Å². The second kappa shape index (κ2) is 7.26. The summed E-state index contributed by atoms with van der Waals surface area (Å²) in [5, 5.41) is 10.0. The Bertz CT molecular complexity index is 1150. The number of sulfonamides is 1. The number of nitrogens with two attached hydrogens (primary N) is 1. The number of carbonyl (C=O) groups excluding carboxylic acids is 1. The molecule has 0 radical (unpaired) electrons. The predicted molar refractivity (Wildman–Crippen MR) is 103 cm³/mol. The Kier molecular flexibility index (Phi) is 5.19. The summed E-state index contributed by atoms with van der Waals surface area (Å²) in [4.78, 5) is 12.2. The first-order valence-electron chi connectivity index (χ1n) is 7.99. The van der Waals surface area contributed by atoms with Gasteiger partial charge in [-0.15, -0.1) is 0 Å². The van der Waals surface area contributed by atoms with Crippen molar-refractivity contribution in [1.29, 1.82) is 0 Å². The van der Waals surface area contributed by atoms with Crippen LogP contribution in [0.15, 0.2) is 59.5 Å². The molecule has 3 N–H and O–H groups in total. The summed E-state index contributed by atoms with van der Waals surface area (Å²) in [7, 11) is -4.05. The predicted octanol–water partition coefficient (Wildman–Crippen LogP) is 3.77. The van der Waals surface area contributed by atoms with Gasteiger partial charge in [-0.2, -0.15) is 0 Å². The van der Waals surface area contributed by atoms with E-state index in [1.807, 2.05) is 24.3 Å². The lowest BCUT2D eigenvalue weighted by molar-refractivity contribution is 0.0936. The molecule has 0 aliphatic heterocycles. The largest absolute Gasteiger partial charge is 0.345 e. The highest BCUT2D eigenvalue weighted by Crippen LogP contribution is 2.30. The molecule has 1 unspecified atom stereocenters. The summed E-state index contributed by atoms with van der Waals surface area (Å²) in [6.07, 6.45) is 0. The van der Waals surface area contributed by atoms with Crippen LogP contribution in [0.3, 0.4) is 0 Å². The molecule has 0 bridgehead atoms. The minimum Gasteiger partial charge on any atom is -0.345 e. The van der Waals surface area contributed by atoms with Crippen LogP contribution in [0.4, 0.5) is 4.39 Å². The third-order valence-electron chi connectivity index (χ3n) is 4.23. The molecule has 5 nitrogen and oxygen atoms in total. The zero-order chi connectivity index (χ0) is 19.8. The number of rotatable bonds is 4. The molecule has 3 rings (SSSR count). The second-order valence-electron chi connectivity index (χ2n) is 6.06. The van der Waals surface area contributed by atoms with Crippen LogP contribution in [0.2, 0.25) is 5.02 Å². The molecule has 0 fully saturated rings. The first-order chi connectivity index (χ1) is 12.7. The van der Waals surface area contributed by atoms with Crippen molar-refractivity contribution in [3.63, 3.8) is 0 Å². The summed E-state index contributed by atoms with van der Waals surface area (Å²) >= 11 is 6.21. The highest BCUT2D eigenvalue weighted by Gasteiger charge is 2.20. The van der Waals surface area contributed by atoms with Crippen molar-refractivity contribution in [2.45, 2.75) is 17.9 Å². The number of carbonyl (C=O) groups is 1. The van der Waals surface area contributed by atoms with Crippen molar-refractivity contribution in [1.82, 2.24) is 5.32 Å². The lowest BCUT2D eigenvalue weighted by Crippen LogP contribution is -2.28. The van der Waals surface area contributed by atoms with Crippen LogP contribution in [-0.2, 0) is 10.0 Å². The zero-order valence-corrected chi connectivity index (χ0v) is 15.8. The van der Waals surface area contributed by atoms with Gasteiger partial charge in [0, 0.05) is 10.4 Å². The second-order valence-corrected chi connectivity index (χ2v) is 8.03. The Labute approximate surface area is 161 Å². The van der Waals surface area contributed by atoms with Gasteiger partial charge >= 0.3 is 0 Å². The number of fused-ring (bicyclic) bond motifs is 1. The monoisotopic (exact) mass is 406 g/mol. The summed E-state index contributed by atoms with van der Waals surface area (Å²) < 4.78 is 37.0. The summed E-state index contributed by atoms with van der Waals surface area (Å²) in [6.45, 7) is 1.75. The molecule has 140 valence electrons. The number of nitrogens with one attached hydrogen (secondary N) is 1. The van der Waals surface area contributed by atoms with Crippen LogP contribution in [0.25, 0.3) is 10.8 Å². The smallest absolute Gasteiger partial charge is 0.254 e. The van der Waals surface area contributed by atoms with Crippen LogP contribution in [0.1, 0.15) is 28.9 Å². The zero-order valence-electron chi connectivity index (χ0n) is 14.2. The number of primary sulfonamides is 1. The molecular formula is C19H16ClFN2O3S. The van der Waals surface area contributed by atoms with E-state index in [1.165, 1.54) is 0 Å². The molecule has 27 heavy (non-hydrogen) atoms. The Morgan fingerprint density at radius 2 is 1.78 bits per heavy atom. The normalized spacial score (nSPS) is 12.7. The van der Waals surface area contributed by atoms with Crippen LogP contribution in [-0.4, -0.2) is 14.3 Å². The van der Waals surface area contributed by atoms with E-state index >= 15 is 0 Å². The lowest BCUT2D eigenvalue weighted by Gasteiger charge is -2.17. The minimum atomic E-state index is -4.05. The maximum Gasteiger partial charge on any atom is 0.254 e. The number of hydrogen-bond donors (Lipinski definition) is 2. The lowest BCUT2D eigenvalue weighted by atomic mass is 9.99. The van der Waals surface area contributed by atoms with Gasteiger partial charge in [0.25, 0.3) is 5.91 Å². The van der Waals surface area contributed by atoms with Crippen LogP contribution in [0, 0.1) is 5.82 Å². The fourth-order valence-electron chi connectivity index (χ4n) is 2.87. The molecular weight excluding hydrogens is 391 g/mol. The van der Waals surface area contributed by atoms with Crippen LogP contribution >= 0.6 is 11.6 Å². The molecule has 0 aliphatic rings. The Hall–Kier alpha value is -2.48. The SMILES string of the molecule is CC(NC(=O)c1cc(S(N)(=O)=O)ccc1F)c1ccc(Cl)c2ccccc12. The molecule has 0 saturated heterocycles. The van der Waals surface area contributed by atoms with Crippen molar-refractivity contribution in [3.8, 4) is 0 Å². The highest BCUT2D eigenvalue weighted by atomic mass is 35.5. The Morgan fingerprint density at radius 3 is 2.44 bits per heavy atom. The average molecular weight is 407 g/mol. The fourth-order valence-corrected chi connectivity index (χ4v) is 3.64. The summed E-state index contributed by atoms with van der Waals surface area (Å²) in [6, 6.07) is 13.3. The molecule has 0 saturated carbocycles. The first-order valence-corrected chi connectivity index (χ1v) is 9.91. The van der Waals surface area contributed by atoms with E-state index in [0.29, 0.717) is 5.02 Å². The number of amides is 1. The highest BCUT2D eigenvalue weighted by molar-refractivity contribution is 7.89. The molecule has 1 atom stereocenters. The Morgan fingerprint density at radius 1 is 1.11 bits per heavy atom. The summed E-state index contributed by atoms with van der Waals surface area (Å²) in [5.74, 6) is -1.59. The van der Waals surface area contributed by atoms with E-state index in [9.17, 15) is 17.6 Å². The third-order valence-corrected chi connectivity index (χ3v) is 5.47. The minimum absolute atomic E-state index is 0.335. The van der Waals surface area contributed by atoms with Crippen molar-refractivity contribution in [3.05, 3.63) is 76.6 Å². The molecule has 8 heteroatoms. The van der Waals surface area contributed by atoms with Crippen molar-refractivity contribution in [2.24, 2.45) is 5.14 Å². The van der Waals surface area contributed by atoms with Gasteiger partial charge in [0.15, 0.2) is 0 Å². The van der Waals surface area contributed by atoms with E-state index in [2.05, 4.69) is 5.32 Å². The molecule has 3 aromatic rings. The van der Waals surface area contributed by atoms with Crippen molar-refractivity contribution in [2.75, 3.05) is 0 Å². The number of halogens is 2. The molecule has 3 aromatic carbocycles. The first kappa shape index (κ1) is 19.3. The topological polar surface area (TPSA) is 89.3 Å². The molecule has 0 aliphatic carbocycles. The van der Waals surface area contributed by atoms with E-state index in [-0.39, 0.29) is 4.90 Å². The van der Waals surface area contributed by atoms with E-state index in [4.69, 9.17) is 16.7 Å². The van der Waals surface area contributed by atoms with Crippen LogP contribution in [0.5, 0.6) is 0 Å². The van der Waals surface area contributed by atoms with Gasteiger partial charge in [-0.3, -0.25) is 4.79 Å². The van der Waals surface area contributed by atoms with Gasteiger partial charge in [-0.25, -0.2) is 17.9 Å². The molecule has 0 spiro atoms. The Balaban J connectivity index is 1.95. The number of hydrogen-bond acceptors (Lipinski definition) is 3. The van der Waals surface area contributed by atoms with Crippen molar-refractivity contribution >= 4 is 38.3 Å². The van der Waals surface area contributed by atoms with Gasteiger partial charge < -0.3 is 5.32 Å². The van der Waals surface area contributed by atoms with E-state index in [0.717, 1.165) is 34.5 Å². The number of benzene rings is 3. The maximum absolute atomic E-state index is 14.1. The average Bonchev–Trinajstić information content (AvgIpc) is 2.61. The third kappa shape index (κ3) is 3.95. The van der Waals surface area contributed by atoms with Gasteiger partial charge in [-0.05, 0) is 42.1 Å². The van der Waals surface area contributed by atoms with Gasteiger partial charge in [0.05, 0.1) is 16.5 Å². The van der Waals surface area contributed by atoms with Gasteiger partial charge in [-0.1, -0.05) is 41.9 Å². The van der Waals surface area contributed by atoms with Crippen molar-refractivity contribution < 1.29 is 17.6 Å². The summed E-state index contributed by atoms with van der Waals surface area (Å²) in [5.41, 5.74) is 0.401. The molecule has 0 heterocycles. The van der Waals surface area contributed by atoms with Gasteiger partial charge in [0.1, 0.15) is 5.82 Å². The molecule has 1 amide bonds. The fraction of sp³-hybridized carbons (Fsp3) is 0.105. The molecule has 0 aromatic heterocycles. The van der Waals surface area contributed by atoms with Crippen LogP contribution < -0.4 is 10.5 Å². The standard InChI is InChI=1S/C19H16ClFN2O3S/c1-11(13-7-8-17(20)15-5-3-2-4-14(13)15)23-19(24)16-10-12(27(22,25)26)6-9-18(16)21/h2-11H,1H3,(H,23,24)(H2,22,25,26). The van der Waals surface area contributed by atoms with E-state index < -0.39 is 33.4 Å². The quantitative estimate of drug-likeness (QED) is 0.691. The van der Waals surface area contributed by atoms with E-state index in [1.54, 1.807) is 19.1 Å². The maximum atomic E-state index is 14.1.